The van der Waals surface area contributed by atoms with Crippen LogP contribution in [0.5, 0.6) is 0 Å². The smallest absolute Gasteiger partial charge is 0.121 e. The van der Waals surface area contributed by atoms with Gasteiger partial charge in [0.25, 0.3) is 0 Å². The summed E-state index contributed by atoms with van der Waals surface area (Å²) in [4.78, 5) is -0.575. The fourth-order valence-corrected chi connectivity index (χ4v) is 3.62. The average Bonchev–Trinajstić information content (AvgIpc) is 2.89. The first-order chi connectivity index (χ1) is 10.8. The van der Waals surface area contributed by atoms with E-state index in [-0.39, 0.29) is 0 Å². The summed E-state index contributed by atoms with van der Waals surface area (Å²) in [5, 5.41) is 0. The second-order valence-electron chi connectivity index (χ2n) is 5.12. The number of hydrogen-bond acceptors (Lipinski definition) is 1. The molecule has 0 spiro atoms. The number of hydrogen-bond donors (Lipinski definition) is 1. The van der Waals surface area contributed by atoms with Crippen LogP contribution in [0.2, 0.25) is 0 Å². The number of benzene rings is 3. The summed E-state index contributed by atoms with van der Waals surface area (Å²) in [6.45, 7) is 0. The monoisotopic (exact) mass is 307 g/mol. The van der Waals surface area contributed by atoms with E-state index in [4.69, 9.17) is 11.6 Å². The number of fused-ring (bicyclic) bond motifs is 3. The lowest BCUT2D eigenvalue weighted by atomic mass is 9.88. The van der Waals surface area contributed by atoms with Gasteiger partial charge in [0.05, 0.1) is 0 Å². The highest BCUT2D eigenvalue weighted by atomic mass is 35.5. The first kappa shape index (κ1) is 14.8. The molecule has 0 aliphatic heterocycles. The van der Waals surface area contributed by atoms with Gasteiger partial charge in [-0.05, 0) is 34.9 Å². The van der Waals surface area contributed by atoms with Gasteiger partial charge < -0.3 is 5.73 Å². The molecule has 0 fully saturated rings. The van der Waals surface area contributed by atoms with Gasteiger partial charge in [-0.25, -0.2) is 0 Å². The number of halogens is 1. The maximum atomic E-state index is 7.16. The summed E-state index contributed by atoms with van der Waals surface area (Å²) in [7, 11) is 1.50. The fraction of sp³-hybridized carbons (Fsp3) is 0.100. The zero-order chi connectivity index (χ0) is 15.6. The molecular formula is C20H18ClN. The summed E-state index contributed by atoms with van der Waals surface area (Å²) >= 11 is 7.16. The van der Waals surface area contributed by atoms with Crippen LogP contribution in [0.25, 0.3) is 11.1 Å². The van der Waals surface area contributed by atoms with Crippen molar-refractivity contribution in [2.45, 2.75) is 4.87 Å². The molecule has 4 rings (SSSR count). The molecule has 110 valence electrons. The fourth-order valence-electron chi connectivity index (χ4n) is 3.16. The molecule has 0 aromatic heterocycles. The third-order valence-electron chi connectivity index (χ3n) is 4.06. The van der Waals surface area contributed by atoms with Gasteiger partial charge in [-0.3, -0.25) is 0 Å². The highest BCUT2D eigenvalue weighted by Gasteiger charge is 2.42. The zero-order valence-electron chi connectivity index (χ0n) is 12.5. The van der Waals surface area contributed by atoms with Crippen LogP contribution in [0, 0.1) is 0 Å². The Morgan fingerprint density at radius 1 is 0.636 bits per heavy atom. The van der Waals surface area contributed by atoms with Crippen LogP contribution in [0.4, 0.5) is 0 Å². The van der Waals surface area contributed by atoms with Gasteiger partial charge in [-0.15, -0.1) is 11.6 Å². The third kappa shape index (κ3) is 2.06. The van der Waals surface area contributed by atoms with Crippen LogP contribution in [0.3, 0.4) is 0 Å². The molecule has 3 aromatic carbocycles. The molecule has 0 heterocycles. The van der Waals surface area contributed by atoms with Crippen molar-refractivity contribution in [3.8, 4) is 11.1 Å². The Morgan fingerprint density at radius 3 is 1.55 bits per heavy atom. The molecular weight excluding hydrogens is 290 g/mol. The average molecular weight is 308 g/mol. The van der Waals surface area contributed by atoms with Gasteiger partial charge in [0.15, 0.2) is 0 Å². The lowest BCUT2D eigenvalue weighted by molar-refractivity contribution is 0.911. The Kier molecular flexibility index (Phi) is 4.02. The minimum atomic E-state index is -0.575. The van der Waals surface area contributed by atoms with Gasteiger partial charge >= 0.3 is 0 Å². The van der Waals surface area contributed by atoms with Crippen molar-refractivity contribution in [2.24, 2.45) is 5.73 Å². The standard InChI is InChI=1S/C19H13Cl.CH5N/c20-19(14-8-2-1-3-9-14)17-12-6-4-10-15(17)16-11-5-7-13-18(16)19;1-2/h1-13H;2H2,1H3. The molecule has 1 aliphatic carbocycles. The first-order valence-corrected chi connectivity index (χ1v) is 7.71. The maximum Gasteiger partial charge on any atom is 0.121 e. The Labute approximate surface area is 136 Å². The van der Waals surface area contributed by atoms with Crippen LogP contribution in [-0.2, 0) is 4.87 Å². The Hall–Kier alpha value is -2.09. The minimum absolute atomic E-state index is 0.575. The Balaban J connectivity index is 0.000000693. The van der Waals surface area contributed by atoms with Crippen molar-refractivity contribution in [1.82, 2.24) is 0 Å². The summed E-state index contributed by atoms with van der Waals surface area (Å²) in [5.41, 5.74) is 10.5. The van der Waals surface area contributed by atoms with Crippen LogP contribution in [-0.4, -0.2) is 7.05 Å². The topological polar surface area (TPSA) is 26.0 Å². The molecule has 0 radical (unpaired) electrons. The molecule has 0 saturated carbocycles. The van der Waals surface area contributed by atoms with Gasteiger partial charge in [-0.1, -0.05) is 78.9 Å². The van der Waals surface area contributed by atoms with Crippen molar-refractivity contribution >= 4 is 11.6 Å². The SMILES string of the molecule is CN.ClC1(c2ccccc2)c2ccccc2-c2ccccc21. The molecule has 1 nitrogen and oxygen atoms in total. The van der Waals surface area contributed by atoms with E-state index in [1.807, 2.05) is 18.2 Å². The van der Waals surface area contributed by atoms with Crippen LogP contribution < -0.4 is 5.73 Å². The van der Waals surface area contributed by atoms with E-state index >= 15 is 0 Å². The number of nitrogens with two attached hydrogens (primary N) is 1. The van der Waals surface area contributed by atoms with Gasteiger partial charge in [-0.2, -0.15) is 0 Å². The van der Waals surface area contributed by atoms with Crippen LogP contribution >= 0.6 is 11.6 Å². The van der Waals surface area contributed by atoms with Gasteiger partial charge in [0.2, 0.25) is 0 Å². The molecule has 0 saturated heterocycles. The van der Waals surface area contributed by atoms with E-state index < -0.39 is 4.87 Å². The Bertz CT molecular complexity index is 735. The highest BCUT2D eigenvalue weighted by Crippen LogP contribution is 2.54. The molecule has 3 aromatic rings. The van der Waals surface area contributed by atoms with Crippen molar-refractivity contribution in [2.75, 3.05) is 7.05 Å². The van der Waals surface area contributed by atoms with E-state index in [1.165, 1.54) is 29.3 Å². The molecule has 1 aliphatic rings. The predicted molar refractivity (Wildman–Crippen MR) is 94.2 cm³/mol. The Morgan fingerprint density at radius 2 is 1.05 bits per heavy atom. The van der Waals surface area contributed by atoms with Crippen molar-refractivity contribution in [3.05, 3.63) is 95.6 Å². The molecule has 2 heteroatoms. The van der Waals surface area contributed by atoms with Gasteiger partial charge in [0.1, 0.15) is 4.87 Å². The summed E-state index contributed by atoms with van der Waals surface area (Å²) in [6.07, 6.45) is 0. The molecule has 0 amide bonds. The number of rotatable bonds is 1. The normalized spacial score (nSPS) is 13.6. The van der Waals surface area contributed by atoms with E-state index in [0.29, 0.717) is 0 Å². The van der Waals surface area contributed by atoms with E-state index in [9.17, 15) is 0 Å². The minimum Gasteiger partial charge on any atom is -0.333 e. The van der Waals surface area contributed by atoms with Crippen molar-refractivity contribution in [3.63, 3.8) is 0 Å². The lowest BCUT2D eigenvalue weighted by Crippen LogP contribution is -2.18. The zero-order valence-corrected chi connectivity index (χ0v) is 13.2. The quantitative estimate of drug-likeness (QED) is 0.644. The second-order valence-corrected chi connectivity index (χ2v) is 5.68. The second kappa shape index (κ2) is 5.96. The van der Waals surface area contributed by atoms with E-state index in [2.05, 4.69) is 66.4 Å². The maximum absolute atomic E-state index is 7.16. The predicted octanol–water partition coefficient (Wildman–Crippen LogP) is 4.77. The molecule has 0 atom stereocenters. The molecule has 2 N–H and O–H groups in total. The van der Waals surface area contributed by atoms with Gasteiger partial charge in [0, 0.05) is 0 Å². The van der Waals surface area contributed by atoms with Crippen molar-refractivity contribution in [1.29, 1.82) is 0 Å². The molecule has 22 heavy (non-hydrogen) atoms. The first-order valence-electron chi connectivity index (χ1n) is 7.33. The molecule has 0 bridgehead atoms. The highest BCUT2D eigenvalue weighted by molar-refractivity contribution is 6.30. The van der Waals surface area contributed by atoms with Crippen LogP contribution in [0.15, 0.2) is 78.9 Å². The molecule has 0 unspecified atom stereocenters. The van der Waals surface area contributed by atoms with Crippen molar-refractivity contribution < 1.29 is 0 Å². The van der Waals surface area contributed by atoms with E-state index in [0.717, 1.165) is 5.56 Å². The summed E-state index contributed by atoms with van der Waals surface area (Å²) in [5.74, 6) is 0. The third-order valence-corrected chi connectivity index (χ3v) is 4.68. The largest absolute Gasteiger partial charge is 0.333 e. The summed E-state index contributed by atoms with van der Waals surface area (Å²) < 4.78 is 0. The number of alkyl halides is 1. The van der Waals surface area contributed by atoms with E-state index in [1.54, 1.807) is 0 Å². The van der Waals surface area contributed by atoms with Crippen LogP contribution in [0.1, 0.15) is 16.7 Å². The lowest BCUT2D eigenvalue weighted by Gasteiger charge is -2.25. The summed E-state index contributed by atoms with van der Waals surface area (Å²) in [6, 6.07) is 27.2.